The van der Waals surface area contributed by atoms with Crippen LogP contribution >= 0.6 is 24.0 Å². The van der Waals surface area contributed by atoms with Gasteiger partial charge in [0, 0.05) is 0 Å². The molecule has 1 nitrogen and oxygen atoms in total. The molecule has 3 heteroatoms. The summed E-state index contributed by atoms with van der Waals surface area (Å²) < 4.78 is 0.381. The van der Waals surface area contributed by atoms with Gasteiger partial charge in [-0.15, -0.1) is 6.42 Å². The fraction of sp³-hybridized carbons (Fsp3) is 0.100. The van der Waals surface area contributed by atoms with Gasteiger partial charge in [0.2, 0.25) is 0 Å². The summed E-state index contributed by atoms with van der Waals surface area (Å²) in [6.07, 6.45) is 5.37. The Morgan fingerprint density at radius 3 is 2.54 bits per heavy atom. The summed E-state index contributed by atoms with van der Waals surface area (Å²) in [4.78, 5) is 0. The van der Waals surface area contributed by atoms with Gasteiger partial charge < -0.3 is 5.73 Å². The van der Waals surface area contributed by atoms with E-state index in [0.717, 1.165) is 5.56 Å². The molecule has 0 aliphatic rings. The molecule has 13 heavy (non-hydrogen) atoms. The van der Waals surface area contributed by atoms with Gasteiger partial charge in [-0.2, -0.15) is 0 Å². The summed E-state index contributed by atoms with van der Waals surface area (Å²) in [7, 11) is 0. The monoisotopic (exact) mass is 207 g/mol. The lowest BCUT2D eigenvalue weighted by molar-refractivity contribution is 1.29. The lowest BCUT2D eigenvalue weighted by Gasteiger charge is -2.08. The van der Waals surface area contributed by atoms with Crippen molar-refractivity contribution in [1.82, 2.24) is 0 Å². The molecule has 1 aromatic rings. The maximum absolute atomic E-state index is 5.41. The van der Waals surface area contributed by atoms with E-state index in [2.05, 4.69) is 5.92 Å². The van der Waals surface area contributed by atoms with Crippen LogP contribution in [0, 0.1) is 12.3 Å². The predicted octanol–water partition coefficient (Wildman–Crippen LogP) is 2.34. The van der Waals surface area contributed by atoms with Crippen molar-refractivity contribution in [2.75, 3.05) is 0 Å². The molecule has 0 saturated heterocycles. The van der Waals surface area contributed by atoms with Crippen LogP contribution in [0.5, 0.6) is 0 Å². The summed E-state index contributed by atoms with van der Waals surface area (Å²) in [5.74, 6) is 2.65. The first-order chi connectivity index (χ1) is 6.24. The van der Waals surface area contributed by atoms with Crippen molar-refractivity contribution < 1.29 is 0 Å². The number of nitrogens with two attached hydrogens (primary N) is 1. The topological polar surface area (TPSA) is 26.0 Å². The molecule has 0 bridgehead atoms. The lowest BCUT2D eigenvalue weighted by Crippen LogP contribution is -2.05. The highest BCUT2D eigenvalue weighted by Gasteiger charge is 2.08. The van der Waals surface area contributed by atoms with Gasteiger partial charge in [-0.25, -0.2) is 0 Å². The third-order valence-electron chi connectivity index (χ3n) is 1.49. The molecule has 0 fully saturated rings. The SMILES string of the molecule is C#CC(SC(N)=S)c1ccccc1. The zero-order chi connectivity index (χ0) is 9.68. The maximum atomic E-state index is 5.41. The number of benzene rings is 1. The summed E-state index contributed by atoms with van der Waals surface area (Å²) in [6, 6.07) is 9.77. The van der Waals surface area contributed by atoms with Crippen LogP contribution in [0.4, 0.5) is 0 Å². The fourth-order valence-electron chi connectivity index (χ4n) is 0.942. The van der Waals surface area contributed by atoms with Crippen LogP contribution in [0.2, 0.25) is 0 Å². The summed E-state index contributed by atoms with van der Waals surface area (Å²) in [5.41, 5.74) is 6.46. The highest BCUT2D eigenvalue weighted by atomic mass is 32.2. The third kappa shape index (κ3) is 3.10. The van der Waals surface area contributed by atoms with Gasteiger partial charge in [-0.05, 0) is 5.56 Å². The predicted molar refractivity (Wildman–Crippen MR) is 62.4 cm³/mol. The number of hydrogen-bond acceptors (Lipinski definition) is 2. The summed E-state index contributed by atoms with van der Waals surface area (Å²) in [6.45, 7) is 0. The van der Waals surface area contributed by atoms with E-state index in [9.17, 15) is 0 Å². The number of thiocarbonyl (C=S) groups is 1. The first-order valence-corrected chi connectivity index (χ1v) is 5.00. The van der Waals surface area contributed by atoms with E-state index in [4.69, 9.17) is 24.4 Å². The number of rotatable bonds is 2. The van der Waals surface area contributed by atoms with Crippen molar-refractivity contribution in [2.45, 2.75) is 5.25 Å². The van der Waals surface area contributed by atoms with Gasteiger partial charge in [0.1, 0.15) is 4.32 Å². The minimum atomic E-state index is -0.0706. The van der Waals surface area contributed by atoms with E-state index in [1.165, 1.54) is 11.8 Å². The van der Waals surface area contributed by atoms with Crippen LogP contribution in [0.25, 0.3) is 0 Å². The van der Waals surface area contributed by atoms with Gasteiger partial charge in [-0.3, -0.25) is 0 Å². The Bertz CT molecular complexity index is 327. The van der Waals surface area contributed by atoms with Crippen molar-refractivity contribution >= 4 is 28.3 Å². The molecule has 1 unspecified atom stereocenters. The van der Waals surface area contributed by atoms with E-state index in [1.54, 1.807) is 0 Å². The van der Waals surface area contributed by atoms with Crippen molar-refractivity contribution in [3.8, 4) is 12.3 Å². The van der Waals surface area contributed by atoms with Crippen molar-refractivity contribution in [1.29, 1.82) is 0 Å². The molecule has 0 spiro atoms. The Morgan fingerprint density at radius 1 is 1.46 bits per heavy atom. The van der Waals surface area contributed by atoms with E-state index >= 15 is 0 Å². The Hall–Kier alpha value is -0.980. The van der Waals surface area contributed by atoms with Gasteiger partial charge in [0.15, 0.2) is 0 Å². The quantitative estimate of drug-likeness (QED) is 0.595. The minimum absolute atomic E-state index is 0.0706. The van der Waals surface area contributed by atoms with E-state index < -0.39 is 0 Å². The second-order valence-corrected chi connectivity index (χ2v) is 4.24. The highest BCUT2D eigenvalue weighted by Crippen LogP contribution is 2.27. The Labute approximate surface area is 87.7 Å². The molecular weight excluding hydrogens is 198 g/mol. The maximum Gasteiger partial charge on any atom is 0.132 e. The number of thioether (sulfide) groups is 1. The number of hydrogen-bond donors (Lipinski definition) is 1. The van der Waals surface area contributed by atoms with Gasteiger partial charge in [-0.1, -0.05) is 60.2 Å². The van der Waals surface area contributed by atoms with Crippen LogP contribution in [0.15, 0.2) is 30.3 Å². The Balaban J connectivity index is 2.80. The molecule has 1 aromatic carbocycles. The molecule has 0 saturated carbocycles. The van der Waals surface area contributed by atoms with Crippen molar-refractivity contribution in [3.63, 3.8) is 0 Å². The second-order valence-electron chi connectivity index (χ2n) is 2.39. The first kappa shape index (κ1) is 10.1. The zero-order valence-corrected chi connectivity index (χ0v) is 8.57. The Morgan fingerprint density at radius 2 is 2.08 bits per heavy atom. The van der Waals surface area contributed by atoms with Crippen LogP contribution in [-0.2, 0) is 0 Å². The Kier molecular flexibility index (Phi) is 3.81. The molecule has 0 radical (unpaired) electrons. The van der Waals surface area contributed by atoms with Crippen LogP contribution in [0.3, 0.4) is 0 Å². The third-order valence-corrected chi connectivity index (χ3v) is 2.65. The smallest absolute Gasteiger partial charge is 0.132 e. The molecular formula is C10H9NS2. The molecule has 0 aliphatic heterocycles. The molecule has 66 valence electrons. The van der Waals surface area contributed by atoms with Gasteiger partial charge in [0.25, 0.3) is 0 Å². The van der Waals surface area contributed by atoms with Crippen LogP contribution in [0.1, 0.15) is 10.8 Å². The molecule has 0 heterocycles. The molecule has 1 atom stereocenters. The second kappa shape index (κ2) is 4.90. The van der Waals surface area contributed by atoms with Gasteiger partial charge >= 0.3 is 0 Å². The lowest BCUT2D eigenvalue weighted by atomic mass is 10.2. The molecule has 0 aromatic heterocycles. The van der Waals surface area contributed by atoms with Crippen LogP contribution in [-0.4, -0.2) is 4.32 Å². The zero-order valence-electron chi connectivity index (χ0n) is 6.94. The standard InChI is InChI=1S/C10H9NS2/c1-2-9(13-10(11)12)8-6-4-3-5-7-8/h1,3-7,9H,(H2,11,12). The average molecular weight is 207 g/mol. The minimum Gasteiger partial charge on any atom is -0.385 e. The summed E-state index contributed by atoms with van der Waals surface area (Å²) >= 11 is 6.11. The summed E-state index contributed by atoms with van der Waals surface area (Å²) in [5, 5.41) is -0.0706. The molecule has 0 aliphatic carbocycles. The van der Waals surface area contributed by atoms with Crippen LogP contribution < -0.4 is 5.73 Å². The molecule has 0 amide bonds. The molecule has 2 N–H and O–H groups in total. The van der Waals surface area contributed by atoms with E-state index in [-0.39, 0.29) is 5.25 Å². The number of terminal acetylenes is 1. The van der Waals surface area contributed by atoms with Gasteiger partial charge in [0.05, 0.1) is 5.25 Å². The van der Waals surface area contributed by atoms with E-state index in [0.29, 0.717) is 4.32 Å². The largest absolute Gasteiger partial charge is 0.385 e. The van der Waals surface area contributed by atoms with Crippen molar-refractivity contribution in [2.24, 2.45) is 5.73 Å². The normalized spacial score (nSPS) is 11.6. The van der Waals surface area contributed by atoms with Crippen molar-refractivity contribution in [3.05, 3.63) is 35.9 Å². The first-order valence-electron chi connectivity index (χ1n) is 3.71. The average Bonchev–Trinajstić information content (AvgIpc) is 2.15. The highest BCUT2D eigenvalue weighted by molar-refractivity contribution is 8.23. The fourth-order valence-corrected chi connectivity index (χ4v) is 1.82. The molecule has 1 rings (SSSR count). The van der Waals surface area contributed by atoms with E-state index in [1.807, 2.05) is 30.3 Å².